The lowest BCUT2D eigenvalue weighted by molar-refractivity contribution is -0.133. The molecule has 0 N–H and O–H groups in total. The Balaban J connectivity index is 1.29. The minimum Gasteiger partial charge on any atom is -0.449 e. The average molecular weight is 468 g/mol. The predicted octanol–water partition coefficient (Wildman–Crippen LogP) is 4.11. The first-order valence-electron chi connectivity index (χ1n) is 12.0. The van der Waals surface area contributed by atoms with Crippen molar-refractivity contribution in [3.63, 3.8) is 0 Å². The van der Waals surface area contributed by atoms with Crippen molar-refractivity contribution in [2.24, 2.45) is 0 Å². The molecule has 0 aromatic heterocycles. The Labute approximate surface area is 206 Å². The number of rotatable bonds is 5. The first kappa shape index (κ1) is 22.9. The van der Waals surface area contributed by atoms with Gasteiger partial charge in [0.1, 0.15) is 6.54 Å². The number of carbonyl (C=O) groups excluding carboxylic acids is 2. The van der Waals surface area contributed by atoms with E-state index in [2.05, 4.69) is 17.0 Å². The van der Waals surface area contributed by atoms with Crippen LogP contribution < -0.4 is 9.64 Å². The topological polar surface area (TPSA) is 53.1 Å². The Bertz CT molecular complexity index is 1250. The fourth-order valence-electron chi connectivity index (χ4n) is 4.56. The summed E-state index contributed by atoms with van der Waals surface area (Å²) in [5.41, 5.74) is 3.88. The van der Waals surface area contributed by atoms with Crippen LogP contribution in [-0.2, 0) is 16.1 Å². The van der Waals surface area contributed by atoms with E-state index in [0.717, 1.165) is 30.8 Å². The van der Waals surface area contributed by atoms with Gasteiger partial charge in [-0.05, 0) is 36.3 Å². The highest BCUT2D eigenvalue weighted by molar-refractivity contribution is 6.12. The van der Waals surface area contributed by atoms with Gasteiger partial charge in [-0.3, -0.25) is 19.4 Å². The number of aryl methyl sites for hydroxylation is 1. The lowest BCUT2D eigenvalue weighted by Crippen LogP contribution is -2.52. The second-order valence-electron chi connectivity index (χ2n) is 9.03. The number of nitrogens with zero attached hydrogens (tertiary/aromatic N) is 3. The molecule has 6 nitrogen and oxygen atoms in total. The molecule has 2 aliphatic heterocycles. The molecule has 3 aromatic rings. The van der Waals surface area contributed by atoms with Crippen LogP contribution in [-0.4, -0.2) is 54.3 Å². The van der Waals surface area contributed by atoms with E-state index in [1.807, 2.05) is 78.6 Å². The Kier molecular flexibility index (Phi) is 6.64. The maximum atomic E-state index is 13.4. The van der Waals surface area contributed by atoms with Gasteiger partial charge in [0.15, 0.2) is 11.5 Å². The van der Waals surface area contributed by atoms with Crippen LogP contribution in [0.1, 0.15) is 16.7 Å². The summed E-state index contributed by atoms with van der Waals surface area (Å²) < 4.78 is 5.95. The Morgan fingerprint density at radius 1 is 0.914 bits per heavy atom. The van der Waals surface area contributed by atoms with E-state index >= 15 is 0 Å². The van der Waals surface area contributed by atoms with Crippen LogP contribution in [0.2, 0.25) is 0 Å². The molecule has 1 fully saturated rings. The van der Waals surface area contributed by atoms with Crippen LogP contribution in [0.15, 0.2) is 84.6 Å². The second-order valence-corrected chi connectivity index (χ2v) is 9.03. The summed E-state index contributed by atoms with van der Waals surface area (Å²) in [5, 5.41) is 0. The van der Waals surface area contributed by atoms with Gasteiger partial charge >= 0.3 is 0 Å². The standard InChI is InChI=1S/C29H29N3O3/c1-22-8-7-11-24(18-22)19-27-29(34)32(25-12-5-6-13-26(25)35-27)21-28(33)31-16-14-30(15-17-31)20-23-9-3-2-4-10-23/h2-13,18-19H,14-17,20-21H2,1H3. The quantitative estimate of drug-likeness (QED) is 0.530. The molecule has 0 radical (unpaired) electrons. The fraction of sp³-hybridized carbons (Fsp3) is 0.241. The zero-order valence-electron chi connectivity index (χ0n) is 19.9. The Morgan fingerprint density at radius 2 is 1.66 bits per heavy atom. The number of para-hydroxylation sites is 2. The molecule has 5 rings (SSSR count). The lowest BCUT2D eigenvalue weighted by atomic mass is 10.1. The monoisotopic (exact) mass is 467 g/mol. The van der Waals surface area contributed by atoms with Gasteiger partial charge in [0.25, 0.3) is 5.91 Å². The summed E-state index contributed by atoms with van der Waals surface area (Å²) in [6.45, 7) is 5.80. The summed E-state index contributed by atoms with van der Waals surface area (Å²) in [7, 11) is 0. The molecule has 178 valence electrons. The van der Waals surface area contributed by atoms with Crippen molar-refractivity contribution in [2.75, 3.05) is 37.6 Å². The fourth-order valence-corrected chi connectivity index (χ4v) is 4.56. The molecule has 0 bridgehead atoms. The third kappa shape index (κ3) is 5.28. The number of benzene rings is 3. The zero-order chi connectivity index (χ0) is 24.2. The minimum absolute atomic E-state index is 0.0109. The Hall–Kier alpha value is -3.90. The van der Waals surface area contributed by atoms with Gasteiger partial charge in [-0.2, -0.15) is 0 Å². The molecule has 2 amide bonds. The number of ether oxygens (including phenoxy) is 1. The maximum Gasteiger partial charge on any atom is 0.294 e. The number of hydrogen-bond acceptors (Lipinski definition) is 4. The Morgan fingerprint density at radius 3 is 2.43 bits per heavy atom. The van der Waals surface area contributed by atoms with Crippen molar-refractivity contribution in [3.8, 4) is 5.75 Å². The van der Waals surface area contributed by atoms with E-state index in [1.165, 1.54) is 5.56 Å². The molecular weight excluding hydrogens is 438 g/mol. The average Bonchev–Trinajstić information content (AvgIpc) is 2.87. The first-order valence-corrected chi connectivity index (χ1v) is 12.0. The van der Waals surface area contributed by atoms with Crippen molar-refractivity contribution >= 4 is 23.6 Å². The van der Waals surface area contributed by atoms with Gasteiger partial charge in [0, 0.05) is 32.7 Å². The minimum atomic E-state index is -0.304. The van der Waals surface area contributed by atoms with E-state index in [1.54, 1.807) is 11.0 Å². The van der Waals surface area contributed by atoms with Crippen molar-refractivity contribution in [2.45, 2.75) is 13.5 Å². The summed E-state index contributed by atoms with van der Waals surface area (Å²) in [6.07, 6.45) is 1.74. The molecule has 1 saturated heterocycles. The molecular formula is C29H29N3O3. The smallest absolute Gasteiger partial charge is 0.294 e. The van der Waals surface area contributed by atoms with Crippen LogP contribution in [0.3, 0.4) is 0 Å². The van der Waals surface area contributed by atoms with Gasteiger partial charge in [0.05, 0.1) is 5.69 Å². The number of amides is 2. The van der Waals surface area contributed by atoms with Gasteiger partial charge in [-0.1, -0.05) is 72.3 Å². The number of hydrogen-bond donors (Lipinski definition) is 0. The van der Waals surface area contributed by atoms with Gasteiger partial charge in [0.2, 0.25) is 5.91 Å². The van der Waals surface area contributed by atoms with E-state index in [9.17, 15) is 9.59 Å². The molecule has 0 atom stereocenters. The number of fused-ring (bicyclic) bond motifs is 1. The van der Waals surface area contributed by atoms with Gasteiger partial charge < -0.3 is 9.64 Å². The van der Waals surface area contributed by atoms with E-state index < -0.39 is 0 Å². The van der Waals surface area contributed by atoms with Crippen LogP contribution in [0.4, 0.5) is 5.69 Å². The first-order chi connectivity index (χ1) is 17.1. The van der Waals surface area contributed by atoms with Gasteiger partial charge in [-0.15, -0.1) is 0 Å². The molecule has 0 unspecified atom stereocenters. The molecule has 3 aromatic carbocycles. The largest absolute Gasteiger partial charge is 0.449 e. The maximum absolute atomic E-state index is 13.4. The summed E-state index contributed by atoms with van der Waals surface area (Å²) in [5.74, 6) is 0.437. The third-order valence-electron chi connectivity index (χ3n) is 6.44. The summed E-state index contributed by atoms with van der Waals surface area (Å²) in [4.78, 5) is 32.4. The molecule has 35 heavy (non-hydrogen) atoms. The summed E-state index contributed by atoms with van der Waals surface area (Å²) >= 11 is 0. The highest BCUT2D eigenvalue weighted by Crippen LogP contribution is 2.35. The van der Waals surface area contributed by atoms with Crippen LogP contribution >= 0.6 is 0 Å². The molecule has 2 heterocycles. The molecule has 2 aliphatic rings. The van der Waals surface area contributed by atoms with Crippen LogP contribution in [0, 0.1) is 6.92 Å². The summed E-state index contributed by atoms with van der Waals surface area (Å²) in [6, 6.07) is 25.6. The van der Waals surface area contributed by atoms with Crippen LogP contribution in [0.25, 0.3) is 6.08 Å². The lowest BCUT2D eigenvalue weighted by Gasteiger charge is -2.36. The zero-order valence-corrected chi connectivity index (χ0v) is 19.9. The van der Waals surface area contributed by atoms with E-state index in [4.69, 9.17) is 4.74 Å². The predicted molar refractivity (Wildman–Crippen MR) is 137 cm³/mol. The number of anilines is 1. The SMILES string of the molecule is Cc1cccc(C=C2Oc3ccccc3N(CC(=O)N3CCN(Cc4ccccc4)CC3)C2=O)c1. The third-order valence-corrected chi connectivity index (χ3v) is 6.44. The van der Waals surface area contributed by atoms with Crippen LogP contribution in [0.5, 0.6) is 5.75 Å². The van der Waals surface area contributed by atoms with E-state index in [-0.39, 0.29) is 24.1 Å². The normalized spacial score (nSPS) is 17.3. The second kappa shape index (κ2) is 10.2. The highest BCUT2D eigenvalue weighted by Gasteiger charge is 2.33. The van der Waals surface area contributed by atoms with Crippen molar-refractivity contribution in [3.05, 3.63) is 101 Å². The van der Waals surface area contributed by atoms with Crippen molar-refractivity contribution in [1.29, 1.82) is 0 Å². The van der Waals surface area contributed by atoms with Crippen molar-refractivity contribution in [1.82, 2.24) is 9.80 Å². The number of piperazine rings is 1. The molecule has 0 saturated carbocycles. The molecule has 6 heteroatoms. The highest BCUT2D eigenvalue weighted by atomic mass is 16.5. The molecule has 0 aliphatic carbocycles. The molecule has 0 spiro atoms. The number of carbonyl (C=O) groups is 2. The van der Waals surface area contributed by atoms with Crippen molar-refractivity contribution < 1.29 is 14.3 Å². The van der Waals surface area contributed by atoms with Gasteiger partial charge in [-0.25, -0.2) is 0 Å². The van der Waals surface area contributed by atoms with E-state index in [0.29, 0.717) is 24.5 Å².